The van der Waals surface area contributed by atoms with Crippen molar-refractivity contribution in [2.45, 2.75) is 4.90 Å². The average Bonchev–Trinajstić information content (AvgIpc) is 2.73. The van der Waals surface area contributed by atoms with E-state index in [1.165, 1.54) is 18.2 Å². The van der Waals surface area contributed by atoms with Crippen LogP contribution in [0.25, 0.3) is 0 Å². The predicted molar refractivity (Wildman–Crippen MR) is 52.8 cm³/mol. The molecule has 0 bridgehead atoms. The summed E-state index contributed by atoms with van der Waals surface area (Å²) < 4.78 is 35.2. The van der Waals surface area contributed by atoms with E-state index >= 15 is 0 Å². The van der Waals surface area contributed by atoms with Gasteiger partial charge in [-0.1, -0.05) is 0 Å². The van der Waals surface area contributed by atoms with Crippen LogP contribution < -0.4 is 19.3 Å². The zero-order chi connectivity index (χ0) is 12.5. The minimum Gasteiger partial charge on any atom is -0.549 e. The van der Waals surface area contributed by atoms with Crippen LogP contribution >= 0.6 is 0 Å². The fourth-order valence-electron chi connectivity index (χ4n) is 1.28. The van der Waals surface area contributed by atoms with E-state index < -0.39 is 22.5 Å². The molecule has 0 fully saturated rings. The normalized spacial score (nSPS) is 13.6. The Hall–Kier alpha value is -1.80. The molecule has 0 amide bonds. The molecule has 0 aromatic heterocycles. The highest BCUT2D eigenvalue weighted by molar-refractivity contribution is 7.89. The van der Waals surface area contributed by atoms with E-state index in [4.69, 9.17) is 9.47 Å². The first-order valence-electron chi connectivity index (χ1n) is 4.58. The van der Waals surface area contributed by atoms with Gasteiger partial charge in [0.1, 0.15) is 0 Å². The minimum absolute atomic E-state index is 0.0330. The summed E-state index contributed by atoms with van der Waals surface area (Å²) in [4.78, 5) is 10.1. The van der Waals surface area contributed by atoms with Crippen LogP contribution in [0, 0.1) is 0 Å². The van der Waals surface area contributed by atoms with Crippen LogP contribution in [0.5, 0.6) is 11.5 Å². The molecule has 0 saturated heterocycles. The zero-order valence-corrected chi connectivity index (χ0v) is 9.32. The first-order chi connectivity index (χ1) is 7.99. The number of rotatable bonds is 4. The van der Waals surface area contributed by atoms with Gasteiger partial charge < -0.3 is 19.4 Å². The predicted octanol–water partition coefficient (Wildman–Crippen LogP) is -1.56. The van der Waals surface area contributed by atoms with E-state index in [9.17, 15) is 18.3 Å². The van der Waals surface area contributed by atoms with Gasteiger partial charge in [-0.2, -0.15) is 0 Å². The van der Waals surface area contributed by atoms with E-state index in [-0.39, 0.29) is 11.7 Å². The SMILES string of the molecule is O=C([O-])CNS(=O)(=O)c1ccc2c(c1)OCO2. The fraction of sp³-hybridized carbons (Fsp3) is 0.222. The van der Waals surface area contributed by atoms with Crippen molar-refractivity contribution in [2.75, 3.05) is 13.3 Å². The molecule has 2 rings (SSSR count). The summed E-state index contributed by atoms with van der Waals surface area (Å²) in [5, 5.41) is 10.2. The third-order valence-electron chi connectivity index (χ3n) is 2.06. The second kappa shape index (κ2) is 4.22. The van der Waals surface area contributed by atoms with Gasteiger partial charge in [0, 0.05) is 6.07 Å². The van der Waals surface area contributed by atoms with Crippen molar-refractivity contribution < 1.29 is 27.8 Å². The number of nitrogens with one attached hydrogen (secondary N) is 1. The Labute approximate surface area is 97.0 Å². The molecule has 1 aliphatic heterocycles. The number of carbonyl (C=O) groups excluding carboxylic acids is 1. The monoisotopic (exact) mass is 258 g/mol. The lowest BCUT2D eigenvalue weighted by molar-refractivity contribution is -0.303. The van der Waals surface area contributed by atoms with Crippen LogP contribution in [0.15, 0.2) is 23.1 Å². The van der Waals surface area contributed by atoms with Crippen molar-refractivity contribution in [3.63, 3.8) is 0 Å². The average molecular weight is 258 g/mol. The highest BCUT2D eigenvalue weighted by atomic mass is 32.2. The summed E-state index contributed by atoms with van der Waals surface area (Å²) in [5.74, 6) is -0.750. The van der Waals surface area contributed by atoms with Gasteiger partial charge in [-0.25, -0.2) is 13.1 Å². The molecule has 0 atom stereocenters. The fourth-order valence-corrected chi connectivity index (χ4v) is 2.27. The molecule has 1 heterocycles. The maximum atomic E-state index is 11.6. The summed E-state index contributed by atoms with van der Waals surface area (Å²) in [7, 11) is -3.88. The van der Waals surface area contributed by atoms with Gasteiger partial charge >= 0.3 is 0 Å². The summed E-state index contributed by atoms with van der Waals surface area (Å²) in [6.45, 7) is -0.748. The van der Waals surface area contributed by atoms with Crippen molar-refractivity contribution >= 4 is 16.0 Å². The number of carbonyl (C=O) groups is 1. The topological polar surface area (TPSA) is 105 Å². The first-order valence-corrected chi connectivity index (χ1v) is 6.06. The molecule has 0 aliphatic carbocycles. The summed E-state index contributed by atoms with van der Waals surface area (Å²) in [6.07, 6.45) is 0. The second-order valence-corrected chi connectivity index (χ2v) is 4.98. The van der Waals surface area contributed by atoms with Gasteiger partial charge in [-0.05, 0) is 12.1 Å². The van der Waals surface area contributed by atoms with Crippen LogP contribution in [0.3, 0.4) is 0 Å². The van der Waals surface area contributed by atoms with E-state index in [0.29, 0.717) is 11.5 Å². The van der Waals surface area contributed by atoms with Gasteiger partial charge in [0.2, 0.25) is 16.8 Å². The number of fused-ring (bicyclic) bond motifs is 1. The van der Waals surface area contributed by atoms with Crippen LogP contribution in [0.1, 0.15) is 0 Å². The van der Waals surface area contributed by atoms with Crippen LogP contribution in [-0.4, -0.2) is 27.7 Å². The largest absolute Gasteiger partial charge is 0.549 e. The number of sulfonamides is 1. The lowest BCUT2D eigenvalue weighted by Gasteiger charge is -2.07. The van der Waals surface area contributed by atoms with Gasteiger partial charge in [-0.15, -0.1) is 0 Å². The molecule has 7 nitrogen and oxygen atoms in total. The molecule has 1 N–H and O–H groups in total. The Morgan fingerprint density at radius 2 is 2.06 bits per heavy atom. The van der Waals surface area contributed by atoms with Crippen LogP contribution in [0.2, 0.25) is 0 Å². The molecule has 0 unspecified atom stereocenters. The van der Waals surface area contributed by atoms with E-state index in [2.05, 4.69) is 0 Å². The Kier molecular flexibility index (Phi) is 2.90. The molecule has 1 aromatic carbocycles. The molecule has 92 valence electrons. The molecule has 0 spiro atoms. The number of aliphatic carboxylic acids is 1. The Bertz CT molecular complexity index is 553. The van der Waals surface area contributed by atoms with Gasteiger partial charge in [0.15, 0.2) is 11.5 Å². The summed E-state index contributed by atoms with van der Waals surface area (Å²) in [6, 6.07) is 4.00. The number of benzene rings is 1. The number of carboxylic acid groups (broad SMARTS) is 1. The van der Waals surface area contributed by atoms with E-state index in [1.54, 1.807) is 0 Å². The molecular formula is C9H8NO6S-. The minimum atomic E-state index is -3.88. The second-order valence-electron chi connectivity index (χ2n) is 3.21. The maximum Gasteiger partial charge on any atom is 0.241 e. The van der Waals surface area contributed by atoms with Crippen molar-refractivity contribution in [1.82, 2.24) is 4.72 Å². The van der Waals surface area contributed by atoms with E-state index in [1.807, 2.05) is 4.72 Å². The summed E-state index contributed by atoms with van der Waals surface area (Å²) >= 11 is 0. The quantitative estimate of drug-likeness (QED) is 0.700. The third-order valence-corrected chi connectivity index (χ3v) is 3.46. The van der Waals surface area contributed by atoms with Crippen LogP contribution in [0.4, 0.5) is 0 Å². The number of ether oxygens (including phenoxy) is 2. The zero-order valence-electron chi connectivity index (χ0n) is 8.50. The Morgan fingerprint density at radius 1 is 1.35 bits per heavy atom. The Morgan fingerprint density at radius 3 is 2.76 bits per heavy atom. The van der Waals surface area contributed by atoms with Crippen LogP contribution in [-0.2, 0) is 14.8 Å². The number of hydrogen-bond acceptors (Lipinski definition) is 6. The van der Waals surface area contributed by atoms with Gasteiger partial charge in [0.25, 0.3) is 0 Å². The summed E-state index contributed by atoms with van der Waals surface area (Å²) in [5.41, 5.74) is 0. The third kappa shape index (κ3) is 2.48. The lowest BCUT2D eigenvalue weighted by Crippen LogP contribution is -2.37. The van der Waals surface area contributed by atoms with Crippen molar-refractivity contribution in [3.05, 3.63) is 18.2 Å². The van der Waals surface area contributed by atoms with Crippen molar-refractivity contribution in [1.29, 1.82) is 0 Å². The van der Waals surface area contributed by atoms with Crippen molar-refractivity contribution in [2.24, 2.45) is 0 Å². The highest BCUT2D eigenvalue weighted by Gasteiger charge is 2.19. The molecule has 0 radical (unpaired) electrons. The number of hydrogen-bond donors (Lipinski definition) is 1. The molecular weight excluding hydrogens is 250 g/mol. The Balaban J connectivity index is 2.24. The maximum absolute atomic E-state index is 11.6. The first kappa shape index (κ1) is 11.7. The smallest absolute Gasteiger partial charge is 0.241 e. The molecule has 8 heteroatoms. The molecule has 1 aromatic rings. The molecule has 0 saturated carbocycles. The molecule has 1 aliphatic rings. The standard InChI is InChI=1S/C9H9NO6S/c11-9(12)4-10-17(13,14)6-1-2-7-8(3-6)16-5-15-7/h1-3,10H,4-5H2,(H,11,12)/p-1. The van der Waals surface area contributed by atoms with Gasteiger partial charge in [-0.3, -0.25) is 0 Å². The van der Waals surface area contributed by atoms with Crippen molar-refractivity contribution in [3.8, 4) is 11.5 Å². The van der Waals surface area contributed by atoms with E-state index in [0.717, 1.165) is 0 Å². The molecule has 17 heavy (non-hydrogen) atoms. The highest BCUT2D eigenvalue weighted by Crippen LogP contribution is 2.33. The number of carboxylic acids is 1. The lowest BCUT2D eigenvalue weighted by atomic mass is 10.3. The van der Waals surface area contributed by atoms with Gasteiger partial charge in [0.05, 0.1) is 17.4 Å².